The molecule has 3 aliphatic heterocycles. The van der Waals surface area contributed by atoms with Crippen LogP contribution in [0, 0.1) is 0 Å². The highest BCUT2D eigenvalue weighted by Gasteiger charge is 2.34. The molecule has 1 aromatic carbocycles. The summed E-state index contributed by atoms with van der Waals surface area (Å²) in [7, 11) is 0. The van der Waals surface area contributed by atoms with Gasteiger partial charge in [-0.3, -0.25) is 19.1 Å². The second kappa shape index (κ2) is 12.4. The molecule has 2 atom stereocenters. The Morgan fingerprint density at radius 1 is 1.02 bits per heavy atom. The second-order valence-electron chi connectivity index (χ2n) is 10.6. The van der Waals surface area contributed by atoms with Crippen molar-refractivity contribution in [2.24, 2.45) is 4.99 Å². The third kappa shape index (κ3) is 6.33. The lowest BCUT2D eigenvalue weighted by atomic mass is 10.1. The molecule has 14 heteroatoms. The standard InChI is InChI=1S/C29H30Cl2F3N7O2/c30-22-15-35-16-23(31)27(22)40-9-7-39(8-10-40)25(42)17-36-28-26(37-24-6-3-20(18-41(24)28)29(32,33)34)19-1-4-21(5-2-19)38-11-13-43-14-12-38/h1-6,15-16,18,22,27,36H,7-14,17H2. The molecule has 9 nitrogen and oxygen atoms in total. The van der Waals surface area contributed by atoms with E-state index in [4.69, 9.17) is 27.9 Å². The molecule has 1 amide bonds. The first-order valence-corrected chi connectivity index (χ1v) is 14.8. The number of piperazine rings is 1. The SMILES string of the molecule is O=C(CNc1c(-c2ccc(N3CCOCC3)cc2)nc2ccc(C(F)(F)F)cn12)N1CCN(C2C(Cl)=CN=CC2Cl)CC1. The number of ether oxygens (including phenoxy) is 1. The van der Waals surface area contributed by atoms with Crippen molar-refractivity contribution in [3.63, 3.8) is 0 Å². The van der Waals surface area contributed by atoms with Gasteiger partial charge in [-0.25, -0.2) is 4.98 Å². The Labute approximate surface area is 256 Å². The fourth-order valence-corrected chi connectivity index (χ4v) is 6.39. The molecule has 1 N–H and O–H groups in total. The number of benzene rings is 1. The molecule has 228 valence electrons. The van der Waals surface area contributed by atoms with Crippen LogP contribution in [-0.2, 0) is 15.7 Å². The summed E-state index contributed by atoms with van der Waals surface area (Å²) in [6.07, 6.45) is -0.296. The summed E-state index contributed by atoms with van der Waals surface area (Å²) < 4.78 is 47.6. The van der Waals surface area contributed by atoms with Crippen LogP contribution in [-0.4, -0.2) is 102 Å². The zero-order valence-electron chi connectivity index (χ0n) is 23.1. The van der Waals surface area contributed by atoms with Gasteiger partial charge in [-0.05, 0) is 24.3 Å². The van der Waals surface area contributed by atoms with Crippen molar-refractivity contribution in [2.45, 2.75) is 17.6 Å². The van der Waals surface area contributed by atoms with Crippen LogP contribution in [0.15, 0.2) is 58.8 Å². The van der Waals surface area contributed by atoms with Gasteiger partial charge >= 0.3 is 6.18 Å². The summed E-state index contributed by atoms with van der Waals surface area (Å²) in [6, 6.07) is 9.85. The number of nitrogens with zero attached hydrogens (tertiary/aromatic N) is 6. The predicted octanol–water partition coefficient (Wildman–Crippen LogP) is 4.55. The number of aromatic nitrogens is 2. The molecule has 6 rings (SSSR count). The zero-order valence-corrected chi connectivity index (χ0v) is 24.6. The van der Waals surface area contributed by atoms with Crippen LogP contribution in [0.25, 0.3) is 16.9 Å². The Balaban J connectivity index is 1.20. The Hall–Kier alpha value is -3.32. The van der Waals surface area contributed by atoms with Crippen molar-refractivity contribution in [3.05, 3.63) is 59.4 Å². The molecule has 43 heavy (non-hydrogen) atoms. The van der Waals surface area contributed by atoms with Gasteiger partial charge < -0.3 is 19.9 Å². The third-order valence-electron chi connectivity index (χ3n) is 7.94. The number of fused-ring (bicyclic) bond motifs is 1. The molecule has 3 aromatic rings. The van der Waals surface area contributed by atoms with Gasteiger partial charge in [0.15, 0.2) is 0 Å². The van der Waals surface area contributed by atoms with Gasteiger partial charge in [0, 0.05) is 69.1 Å². The summed E-state index contributed by atoms with van der Waals surface area (Å²) in [5.41, 5.74) is 1.72. The second-order valence-corrected chi connectivity index (χ2v) is 11.5. The van der Waals surface area contributed by atoms with Crippen molar-refractivity contribution in [1.29, 1.82) is 0 Å². The molecule has 2 aromatic heterocycles. The van der Waals surface area contributed by atoms with Crippen LogP contribution in [0.1, 0.15) is 5.56 Å². The number of carbonyl (C=O) groups excluding carboxylic acids is 1. The van der Waals surface area contributed by atoms with E-state index in [1.165, 1.54) is 10.5 Å². The number of rotatable bonds is 6. The van der Waals surface area contributed by atoms with E-state index < -0.39 is 11.7 Å². The van der Waals surface area contributed by atoms with Crippen molar-refractivity contribution in [3.8, 4) is 11.3 Å². The first-order chi connectivity index (χ1) is 20.7. The van der Waals surface area contributed by atoms with E-state index >= 15 is 0 Å². The number of carbonyl (C=O) groups is 1. The van der Waals surface area contributed by atoms with Gasteiger partial charge in [0.2, 0.25) is 5.91 Å². The minimum Gasteiger partial charge on any atom is -0.378 e. The highest BCUT2D eigenvalue weighted by molar-refractivity contribution is 6.34. The first kappa shape index (κ1) is 29.7. The molecular formula is C29H30Cl2F3N7O2. The lowest BCUT2D eigenvalue weighted by Crippen LogP contribution is -2.55. The summed E-state index contributed by atoms with van der Waals surface area (Å²) in [4.78, 5) is 28.0. The van der Waals surface area contributed by atoms with E-state index in [1.807, 2.05) is 24.3 Å². The molecule has 0 aliphatic carbocycles. The maximum Gasteiger partial charge on any atom is 0.417 e. The molecule has 0 spiro atoms. The molecule has 0 saturated carbocycles. The minimum absolute atomic E-state index is 0.113. The van der Waals surface area contributed by atoms with E-state index in [1.54, 1.807) is 17.3 Å². The monoisotopic (exact) mass is 635 g/mol. The van der Waals surface area contributed by atoms with Gasteiger partial charge in [-0.2, -0.15) is 13.2 Å². The molecule has 2 saturated heterocycles. The number of anilines is 2. The summed E-state index contributed by atoms with van der Waals surface area (Å²) >= 11 is 12.8. The summed E-state index contributed by atoms with van der Waals surface area (Å²) in [6.45, 7) is 4.82. The number of hydrogen-bond acceptors (Lipinski definition) is 7. The third-order valence-corrected chi connectivity index (χ3v) is 8.61. The van der Waals surface area contributed by atoms with Crippen LogP contribution >= 0.6 is 23.2 Å². The molecule has 5 heterocycles. The lowest BCUT2D eigenvalue weighted by Gasteiger charge is -2.40. The zero-order chi connectivity index (χ0) is 30.1. The number of hydrogen-bond donors (Lipinski definition) is 1. The number of nitrogens with one attached hydrogen (secondary N) is 1. The van der Waals surface area contributed by atoms with Crippen molar-refractivity contribution in [1.82, 2.24) is 19.2 Å². The van der Waals surface area contributed by atoms with Gasteiger partial charge in [0.25, 0.3) is 0 Å². The van der Waals surface area contributed by atoms with Gasteiger partial charge in [-0.1, -0.05) is 23.7 Å². The summed E-state index contributed by atoms with van der Waals surface area (Å²) in [5.74, 6) is 0.139. The van der Waals surface area contributed by atoms with E-state index in [0.29, 0.717) is 61.6 Å². The number of alkyl halides is 4. The quantitative estimate of drug-likeness (QED) is 0.401. The number of imidazole rings is 1. The fourth-order valence-electron chi connectivity index (χ4n) is 5.64. The van der Waals surface area contributed by atoms with Crippen molar-refractivity contribution in [2.75, 3.05) is 69.2 Å². The van der Waals surface area contributed by atoms with Crippen LogP contribution in [0.3, 0.4) is 0 Å². The largest absolute Gasteiger partial charge is 0.417 e. The average Bonchev–Trinajstić information content (AvgIpc) is 3.38. The molecular weight excluding hydrogens is 606 g/mol. The predicted molar refractivity (Wildman–Crippen MR) is 161 cm³/mol. The van der Waals surface area contributed by atoms with Crippen LogP contribution < -0.4 is 10.2 Å². The number of halogens is 5. The lowest BCUT2D eigenvalue weighted by molar-refractivity contribution is -0.138. The Morgan fingerprint density at radius 2 is 1.74 bits per heavy atom. The van der Waals surface area contributed by atoms with Crippen LogP contribution in [0.2, 0.25) is 0 Å². The van der Waals surface area contributed by atoms with E-state index in [-0.39, 0.29) is 23.9 Å². The molecule has 0 bridgehead atoms. The Kier molecular flexibility index (Phi) is 8.54. The smallest absolute Gasteiger partial charge is 0.378 e. The van der Waals surface area contributed by atoms with Gasteiger partial charge in [-0.15, -0.1) is 11.6 Å². The minimum atomic E-state index is -4.53. The van der Waals surface area contributed by atoms with E-state index in [9.17, 15) is 18.0 Å². The average molecular weight is 637 g/mol. The maximum absolute atomic E-state index is 13.6. The molecule has 2 unspecified atom stereocenters. The van der Waals surface area contributed by atoms with Crippen LogP contribution in [0.4, 0.5) is 24.7 Å². The van der Waals surface area contributed by atoms with Gasteiger partial charge in [0.1, 0.15) is 17.2 Å². The molecule has 0 radical (unpaired) electrons. The van der Waals surface area contributed by atoms with E-state index in [0.717, 1.165) is 36.6 Å². The molecule has 3 aliphatic rings. The Morgan fingerprint density at radius 3 is 2.42 bits per heavy atom. The maximum atomic E-state index is 13.6. The highest BCUT2D eigenvalue weighted by atomic mass is 35.5. The fraction of sp³-hybridized carbons (Fsp3) is 0.414. The number of pyridine rings is 1. The molecule has 2 fully saturated rings. The number of aliphatic imine (C=N–C) groups is 1. The van der Waals surface area contributed by atoms with Crippen molar-refractivity contribution >= 4 is 52.5 Å². The van der Waals surface area contributed by atoms with E-state index in [2.05, 4.69) is 25.1 Å². The topological polar surface area (TPSA) is 77.7 Å². The normalized spacial score (nSPS) is 21.7. The number of amides is 1. The van der Waals surface area contributed by atoms with Crippen LogP contribution in [0.5, 0.6) is 0 Å². The number of morpholine rings is 1. The van der Waals surface area contributed by atoms with Gasteiger partial charge in [0.05, 0.1) is 41.8 Å². The summed E-state index contributed by atoms with van der Waals surface area (Å²) in [5, 5.41) is 3.30. The Bertz CT molecular complexity index is 1530. The van der Waals surface area contributed by atoms with Crippen molar-refractivity contribution < 1.29 is 22.7 Å². The first-order valence-electron chi connectivity index (χ1n) is 14.0. The highest BCUT2D eigenvalue weighted by Crippen LogP contribution is 2.34.